The predicted octanol–water partition coefficient (Wildman–Crippen LogP) is 5.95. The Hall–Kier alpha value is -2.02. The van der Waals surface area contributed by atoms with Gasteiger partial charge in [0.05, 0.1) is 6.61 Å². The molecule has 23 heavy (non-hydrogen) atoms. The van der Waals surface area contributed by atoms with Crippen LogP contribution in [-0.2, 0) is 6.42 Å². The summed E-state index contributed by atoms with van der Waals surface area (Å²) < 4.78 is 5.78. The average molecular weight is 305 g/mol. The van der Waals surface area contributed by atoms with Crippen LogP contribution in [0.15, 0.2) is 48.5 Å². The highest BCUT2D eigenvalue weighted by Gasteiger charge is 2.10. The zero-order chi connectivity index (χ0) is 15.9. The maximum Gasteiger partial charge on any atom is 0.119 e. The lowest BCUT2D eigenvalue weighted by Crippen LogP contribution is -1.97. The van der Waals surface area contributed by atoms with Crippen LogP contribution in [-0.4, -0.2) is 6.61 Å². The van der Waals surface area contributed by atoms with Gasteiger partial charge >= 0.3 is 0 Å². The fourth-order valence-electron chi connectivity index (χ4n) is 3.09. The fraction of sp³-hybridized carbons (Fsp3) is 0.318. The molecule has 0 fully saturated rings. The van der Waals surface area contributed by atoms with Crippen LogP contribution in [0.4, 0.5) is 0 Å². The van der Waals surface area contributed by atoms with Gasteiger partial charge in [0.1, 0.15) is 5.75 Å². The summed E-state index contributed by atoms with van der Waals surface area (Å²) >= 11 is 0. The number of rotatable bonds is 6. The highest BCUT2D eigenvalue weighted by molar-refractivity contribution is 5.83. The summed E-state index contributed by atoms with van der Waals surface area (Å²) in [7, 11) is 0. The Labute approximate surface area is 140 Å². The van der Waals surface area contributed by atoms with Crippen molar-refractivity contribution in [1.82, 2.24) is 0 Å². The number of hydrogen-bond acceptors (Lipinski definition) is 1. The summed E-state index contributed by atoms with van der Waals surface area (Å²) in [6.07, 6.45) is 9.07. The monoisotopic (exact) mass is 305 g/mol. The molecule has 0 aliphatic heterocycles. The molecule has 1 aliphatic rings. The van der Waals surface area contributed by atoms with E-state index in [0.717, 1.165) is 38.0 Å². The van der Waals surface area contributed by atoms with Crippen molar-refractivity contribution in [1.29, 1.82) is 0 Å². The Bertz CT molecular complexity index is 652. The van der Waals surface area contributed by atoms with E-state index in [1.807, 2.05) is 0 Å². The van der Waals surface area contributed by atoms with E-state index < -0.39 is 0 Å². The molecule has 2 aromatic rings. The lowest BCUT2D eigenvalue weighted by molar-refractivity contribution is 0.307. The molecule has 0 heterocycles. The van der Waals surface area contributed by atoms with Gasteiger partial charge in [-0.15, -0.1) is 0 Å². The Balaban J connectivity index is 1.71. The summed E-state index contributed by atoms with van der Waals surface area (Å²) in [6.45, 7) is 4.64. The molecule has 0 unspecified atom stereocenters. The van der Waals surface area contributed by atoms with Crippen LogP contribution in [0.3, 0.4) is 0 Å². The SMILES string of the molecule is [CH2]CCCCOc1ccc(C2=Cc3ccccc3CCC2)cc1. The predicted molar refractivity (Wildman–Crippen MR) is 98.4 cm³/mol. The van der Waals surface area contributed by atoms with Crippen LogP contribution in [0.25, 0.3) is 11.6 Å². The number of fused-ring (bicyclic) bond motifs is 1. The molecule has 0 saturated carbocycles. The smallest absolute Gasteiger partial charge is 0.119 e. The van der Waals surface area contributed by atoms with E-state index in [2.05, 4.69) is 61.5 Å². The maximum absolute atomic E-state index is 5.78. The highest BCUT2D eigenvalue weighted by atomic mass is 16.5. The molecule has 1 nitrogen and oxygen atoms in total. The fourth-order valence-corrected chi connectivity index (χ4v) is 3.09. The summed E-state index contributed by atoms with van der Waals surface area (Å²) in [5, 5.41) is 0. The molecular formula is C22H25O. The van der Waals surface area contributed by atoms with E-state index in [1.165, 1.54) is 35.1 Å². The molecule has 0 amide bonds. The van der Waals surface area contributed by atoms with Crippen molar-refractivity contribution in [3.05, 3.63) is 72.1 Å². The summed E-state index contributed by atoms with van der Waals surface area (Å²) in [6, 6.07) is 17.3. The van der Waals surface area contributed by atoms with Gasteiger partial charge in [-0.1, -0.05) is 62.2 Å². The largest absolute Gasteiger partial charge is 0.494 e. The van der Waals surface area contributed by atoms with E-state index >= 15 is 0 Å². The summed E-state index contributed by atoms with van der Waals surface area (Å²) in [5.74, 6) is 0.965. The minimum Gasteiger partial charge on any atom is -0.494 e. The molecular weight excluding hydrogens is 280 g/mol. The van der Waals surface area contributed by atoms with Gasteiger partial charge < -0.3 is 4.74 Å². The first kappa shape index (κ1) is 15.9. The minimum absolute atomic E-state index is 0.783. The van der Waals surface area contributed by atoms with E-state index in [9.17, 15) is 0 Å². The first-order valence-corrected chi connectivity index (χ1v) is 8.68. The molecule has 2 aromatic carbocycles. The van der Waals surface area contributed by atoms with Crippen LogP contribution in [0.5, 0.6) is 5.75 Å². The zero-order valence-electron chi connectivity index (χ0n) is 13.8. The van der Waals surface area contributed by atoms with Crippen LogP contribution >= 0.6 is 0 Å². The molecule has 3 rings (SSSR count). The van der Waals surface area contributed by atoms with Crippen molar-refractivity contribution in [2.75, 3.05) is 6.61 Å². The van der Waals surface area contributed by atoms with Crippen molar-refractivity contribution >= 4 is 11.6 Å². The van der Waals surface area contributed by atoms with Crippen molar-refractivity contribution in [3.63, 3.8) is 0 Å². The van der Waals surface area contributed by atoms with Crippen molar-refractivity contribution in [3.8, 4) is 5.75 Å². The Morgan fingerprint density at radius 1 is 0.913 bits per heavy atom. The Kier molecular flexibility index (Phi) is 5.52. The molecule has 0 atom stereocenters. The van der Waals surface area contributed by atoms with Gasteiger partial charge in [0.2, 0.25) is 0 Å². The summed E-state index contributed by atoms with van der Waals surface area (Å²) in [5.41, 5.74) is 5.58. The van der Waals surface area contributed by atoms with E-state index in [-0.39, 0.29) is 0 Å². The van der Waals surface area contributed by atoms with Crippen LogP contribution in [0.2, 0.25) is 0 Å². The van der Waals surface area contributed by atoms with Gasteiger partial charge in [0.15, 0.2) is 0 Å². The van der Waals surface area contributed by atoms with E-state index in [0.29, 0.717) is 0 Å². The van der Waals surface area contributed by atoms with Crippen LogP contribution in [0, 0.1) is 6.92 Å². The highest BCUT2D eigenvalue weighted by Crippen LogP contribution is 2.30. The molecule has 1 heteroatoms. The molecule has 0 bridgehead atoms. The quantitative estimate of drug-likeness (QED) is 0.599. The zero-order valence-corrected chi connectivity index (χ0v) is 13.8. The molecule has 0 N–H and O–H groups in total. The van der Waals surface area contributed by atoms with Gasteiger partial charge in [-0.05, 0) is 60.1 Å². The molecule has 0 spiro atoms. The molecule has 119 valence electrons. The molecule has 0 saturated heterocycles. The normalized spacial score (nSPS) is 13.9. The van der Waals surface area contributed by atoms with Gasteiger partial charge in [0.25, 0.3) is 0 Å². The third kappa shape index (κ3) is 4.25. The van der Waals surface area contributed by atoms with E-state index in [4.69, 9.17) is 4.74 Å². The lowest BCUT2D eigenvalue weighted by Gasteiger charge is -2.09. The van der Waals surface area contributed by atoms with Gasteiger partial charge in [-0.3, -0.25) is 0 Å². The minimum atomic E-state index is 0.783. The molecule has 1 radical (unpaired) electrons. The van der Waals surface area contributed by atoms with Gasteiger partial charge in [-0.25, -0.2) is 0 Å². The second-order valence-corrected chi connectivity index (χ2v) is 6.16. The van der Waals surface area contributed by atoms with Crippen LogP contribution in [0.1, 0.15) is 48.8 Å². The van der Waals surface area contributed by atoms with Crippen molar-refractivity contribution in [2.24, 2.45) is 0 Å². The Morgan fingerprint density at radius 2 is 1.74 bits per heavy atom. The van der Waals surface area contributed by atoms with Crippen molar-refractivity contribution in [2.45, 2.75) is 38.5 Å². The number of aryl methyl sites for hydroxylation is 1. The number of ether oxygens (including phenoxy) is 1. The standard InChI is InChI=1S/C22H25O/c1-2-3-6-16-23-22-14-12-19(13-15-22)21-11-7-10-18-8-4-5-9-20(18)17-21/h4-5,8-9,12-15,17H,1-3,6-7,10-11,16H2. The van der Waals surface area contributed by atoms with Crippen LogP contribution < -0.4 is 4.74 Å². The maximum atomic E-state index is 5.78. The van der Waals surface area contributed by atoms with E-state index in [1.54, 1.807) is 0 Å². The van der Waals surface area contributed by atoms with Gasteiger partial charge in [0, 0.05) is 0 Å². The second-order valence-electron chi connectivity index (χ2n) is 6.16. The van der Waals surface area contributed by atoms with Gasteiger partial charge in [-0.2, -0.15) is 0 Å². The summed E-state index contributed by atoms with van der Waals surface area (Å²) in [4.78, 5) is 0. The third-order valence-corrected chi connectivity index (χ3v) is 4.42. The first-order valence-electron chi connectivity index (χ1n) is 8.68. The Morgan fingerprint density at radius 3 is 2.57 bits per heavy atom. The molecule has 0 aromatic heterocycles. The topological polar surface area (TPSA) is 9.23 Å². The number of hydrogen-bond donors (Lipinski definition) is 0. The molecule has 1 aliphatic carbocycles. The number of allylic oxidation sites excluding steroid dienone is 1. The lowest BCUT2D eigenvalue weighted by atomic mass is 10.0. The number of unbranched alkanes of at least 4 members (excludes halogenated alkanes) is 2. The second kappa shape index (κ2) is 8.01. The average Bonchev–Trinajstić information content (AvgIpc) is 2.82. The third-order valence-electron chi connectivity index (χ3n) is 4.42. The first-order chi connectivity index (χ1) is 11.4. The number of benzene rings is 2. The van der Waals surface area contributed by atoms with Crippen molar-refractivity contribution < 1.29 is 4.74 Å².